The van der Waals surface area contributed by atoms with Crippen LogP contribution in [0.5, 0.6) is 0 Å². The van der Waals surface area contributed by atoms with Gasteiger partial charge in [0.05, 0.1) is 11.9 Å². The van der Waals surface area contributed by atoms with Crippen LogP contribution in [0.25, 0.3) is 0 Å². The third-order valence-corrected chi connectivity index (χ3v) is 10.00. The molecule has 0 aliphatic carbocycles. The van der Waals surface area contributed by atoms with Gasteiger partial charge in [-0.15, -0.1) is 0 Å². The van der Waals surface area contributed by atoms with Crippen LogP contribution in [0, 0.1) is 11.8 Å². The van der Waals surface area contributed by atoms with Gasteiger partial charge in [-0.25, -0.2) is 0 Å². The predicted molar refractivity (Wildman–Crippen MR) is 129 cm³/mol. The van der Waals surface area contributed by atoms with Crippen LogP contribution < -0.4 is 10.2 Å². The van der Waals surface area contributed by atoms with Crippen molar-refractivity contribution >= 4 is 33.1 Å². The van der Waals surface area contributed by atoms with Crippen LogP contribution in [0.1, 0.15) is 119 Å². The third kappa shape index (κ3) is 22.5. The monoisotopic (exact) mass is 544 g/mol. The fourth-order valence-electron chi connectivity index (χ4n) is 3.29. The van der Waals surface area contributed by atoms with Crippen LogP contribution in [0.4, 0.5) is 0 Å². The molecule has 0 atom stereocenters. The Morgan fingerprint density at radius 2 is 1.00 bits per heavy atom. The first-order valence-corrected chi connectivity index (χ1v) is 16.6. The van der Waals surface area contributed by atoms with Gasteiger partial charge in [0.2, 0.25) is 0 Å². The van der Waals surface area contributed by atoms with Gasteiger partial charge in [-0.3, -0.25) is 0 Å². The SMILES string of the molecule is CC(C)CCCCCC(C(=O)[O-])=C(CCCCCC(C)C)C(=O)[O-].CC[CH2][Sn+2][CH2]CC. The summed E-state index contributed by atoms with van der Waals surface area (Å²) in [5, 5.41) is 22.7. The molecule has 0 aromatic carbocycles. The van der Waals surface area contributed by atoms with Gasteiger partial charge in [0.15, 0.2) is 0 Å². The maximum atomic E-state index is 11.3. The fourth-order valence-corrected chi connectivity index (χ4v) is 6.02. The first-order valence-electron chi connectivity index (χ1n) is 12.5. The molecule has 0 N–H and O–H groups in total. The molecule has 0 aliphatic rings. The summed E-state index contributed by atoms with van der Waals surface area (Å²) in [4.78, 5) is 22.7. The Kier molecular flexibility index (Phi) is 23.9. The van der Waals surface area contributed by atoms with E-state index in [4.69, 9.17) is 0 Å². The Bertz CT molecular complexity index is 442. The van der Waals surface area contributed by atoms with Crippen molar-refractivity contribution in [3.05, 3.63) is 11.1 Å². The summed E-state index contributed by atoms with van der Waals surface area (Å²) in [5.74, 6) is -1.46. The van der Waals surface area contributed by atoms with Gasteiger partial charge >= 0.3 is 56.7 Å². The van der Waals surface area contributed by atoms with Gasteiger partial charge < -0.3 is 19.8 Å². The van der Waals surface area contributed by atoms with E-state index in [1.165, 1.54) is 12.8 Å². The first kappa shape index (κ1) is 32.7. The van der Waals surface area contributed by atoms with Crippen LogP contribution in [0.2, 0.25) is 8.87 Å². The minimum absolute atomic E-state index is 0.0663. The molecule has 0 fully saturated rings. The van der Waals surface area contributed by atoms with E-state index in [-0.39, 0.29) is 45.1 Å². The number of rotatable bonds is 18. The fraction of sp³-hybridized carbons (Fsp3) is 0.846. The van der Waals surface area contributed by atoms with E-state index in [0.29, 0.717) is 24.7 Å². The summed E-state index contributed by atoms with van der Waals surface area (Å²) >= 11 is 0.181. The maximum absolute atomic E-state index is 11.3. The number of carboxylic acid groups (broad SMARTS) is 2. The first-order chi connectivity index (χ1) is 14.7. The van der Waals surface area contributed by atoms with Crippen molar-refractivity contribution in [2.24, 2.45) is 11.8 Å². The second-order valence-corrected chi connectivity index (χ2v) is 13.5. The molecule has 0 rings (SSSR count). The summed E-state index contributed by atoms with van der Waals surface area (Å²) < 4.78 is 3.19. The molecular formula is C26H48O4Sn. The van der Waals surface area contributed by atoms with Crippen LogP contribution in [0.3, 0.4) is 0 Å². The zero-order chi connectivity index (χ0) is 24.1. The zero-order valence-corrected chi connectivity index (χ0v) is 24.0. The van der Waals surface area contributed by atoms with Gasteiger partial charge in [0.1, 0.15) is 0 Å². The van der Waals surface area contributed by atoms with E-state index < -0.39 is 11.9 Å². The molecule has 0 radical (unpaired) electrons. The molecule has 0 saturated carbocycles. The van der Waals surface area contributed by atoms with E-state index >= 15 is 0 Å². The molecule has 0 aromatic rings. The number of carbonyl (C=O) groups excluding carboxylic acids is 2. The summed E-state index contributed by atoms with van der Waals surface area (Å²) in [6, 6.07) is 0. The topological polar surface area (TPSA) is 80.3 Å². The number of hydrogen-bond acceptors (Lipinski definition) is 4. The predicted octanol–water partition coefficient (Wildman–Crippen LogP) is 5.34. The Morgan fingerprint density at radius 3 is 1.26 bits per heavy atom. The molecule has 0 aromatic heterocycles. The van der Waals surface area contributed by atoms with Gasteiger partial charge in [-0.2, -0.15) is 0 Å². The van der Waals surface area contributed by atoms with Crippen LogP contribution in [-0.2, 0) is 9.59 Å². The Morgan fingerprint density at radius 1 is 0.645 bits per heavy atom. The summed E-state index contributed by atoms with van der Waals surface area (Å²) in [5.41, 5.74) is -0.133. The van der Waals surface area contributed by atoms with Crippen molar-refractivity contribution in [3.8, 4) is 0 Å². The third-order valence-electron chi connectivity index (χ3n) is 5.13. The van der Waals surface area contributed by atoms with Gasteiger partial charge in [-0.1, -0.05) is 66.2 Å². The summed E-state index contributed by atoms with van der Waals surface area (Å²) in [6.07, 6.45) is 10.8. The molecule has 180 valence electrons. The second-order valence-electron chi connectivity index (χ2n) is 9.27. The minimum atomic E-state index is -1.36. The summed E-state index contributed by atoms with van der Waals surface area (Å²) in [6.45, 7) is 13.2. The van der Waals surface area contributed by atoms with E-state index in [2.05, 4.69) is 41.5 Å². The normalized spacial score (nSPS) is 11.6. The molecule has 5 heteroatoms. The molecule has 0 saturated heterocycles. The average molecular weight is 543 g/mol. The molecule has 31 heavy (non-hydrogen) atoms. The summed E-state index contributed by atoms with van der Waals surface area (Å²) in [7, 11) is 0. The van der Waals surface area contributed by atoms with Crippen molar-refractivity contribution in [1.82, 2.24) is 0 Å². The van der Waals surface area contributed by atoms with Crippen molar-refractivity contribution in [1.29, 1.82) is 0 Å². The second kappa shape index (κ2) is 22.7. The van der Waals surface area contributed by atoms with E-state index in [1.807, 2.05) is 0 Å². The van der Waals surface area contributed by atoms with Crippen molar-refractivity contribution < 1.29 is 19.8 Å². The molecule has 0 spiro atoms. The molecule has 0 unspecified atom stereocenters. The molecule has 0 bridgehead atoms. The van der Waals surface area contributed by atoms with E-state index in [1.54, 1.807) is 8.87 Å². The van der Waals surface area contributed by atoms with Crippen molar-refractivity contribution in [2.75, 3.05) is 0 Å². The van der Waals surface area contributed by atoms with Crippen molar-refractivity contribution in [3.63, 3.8) is 0 Å². The van der Waals surface area contributed by atoms with Crippen LogP contribution in [0.15, 0.2) is 11.1 Å². The van der Waals surface area contributed by atoms with Crippen LogP contribution in [-0.4, -0.2) is 33.1 Å². The Hall–Kier alpha value is -0.521. The number of carboxylic acids is 2. The standard InChI is InChI=1S/C20H36O4.2C3H7.Sn/c1-15(2)11-7-5-9-13-17(19(21)22)18(20(23)24)14-10-6-8-12-16(3)4;2*1-3-2;/h15-16H,5-14H2,1-4H3,(H,21,22)(H,23,24);2*1,3H2,2H3;/q;;;+2/p-2. The Balaban J connectivity index is 0. The Labute approximate surface area is 202 Å². The number of hydrogen-bond donors (Lipinski definition) is 0. The van der Waals surface area contributed by atoms with Gasteiger partial charge in [0.25, 0.3) is 0 Å². The number of aliphatic carboxylic acids is 2. The van der Waals surface area contributed by atoms with Crippen LogP contribution >= 0.6 is 0 Å². The van der Waals surface area contributed by atoms with Gasteiger partial charge in [-0.05, 0) is 48.7 Å². The molecule has 0 heterocycles. The quantitative estimate of drug-likeness (QED) is 0.133. The number of unbranched alkanes of at least 4 members (excludes halogenated alkanes) is 4. The van der Waals surface area contributed by atoms with Crippen molar-refractivity contribution in [2.45, 2.75) is 127 Å². The number of carbonyl (C=O) groups is 2. The molecule has 0 amide bonds. The molecule has 4 nitrogen and oxygen atoms in total. The van der Waals surface area contributed by atoms with E-state index in [0.717, 1.165) is 38.5 Å². The van der Waals surface area contributed by atoms with Gasteiger partial charge in [0, 0.05) is 0 Å². The zero-order valence-electron chi connectivity index (χ0n) is 21.2. The molecule has 0 aliphatic heterocycles. The molecular weight excluding hydrogens is 495 g/mol. The average Bonchev–Trinajstić information content (AvgIpc) is 2.68. The van der Waals surface area contributed by atoms with E-state index in [9.17, 15) is 19.8 Å².